The number of rotatable bonds is 4. The predicted molar refractivity (Wildman–Crippen MR) is 105 cm³/mol. The molecule has 128 valence electrons. The zero-order valence-corrected chi connectivity index (χ0v) is 14.8. The van der Waals surface area contributed by atoms with Gasteiger partial charge in [0.1, 0.15) is 0 Å². The summed E-state index contributed by atoms with van der Waals surface area (Å²) in [6, 6.07) is 25.2. The van der Waals surface area contributed by atoms with Crippen molar-refractivity contribution in [2.24, 2.45) is 4.99 Å². The van der Waals surface area contributed by atoms with E-state index in [-0.39, 0.29) is 5.91 Å². The van der Waals surface area contributed by atoms with Crippen molar-refractivity contribution in [1.82, 2.24) is 10.3 Å². The van der Waals surface area contributed by atoms with Crippen molar-refractivity contribution >= 4 is 22.8 Å². The van der Waals surface area contributed by atoms with Gasteiger partial charge in [-0.25, -0.2) is 4.99 Å². The molecule has 3 aromatic rings. The molecule has 0 radical (unpaired) electrons. The number of aromatic nitrogens is 1. The van der Waals surface area contributed by atoms with Crippen molar-refractivity contribution in [2.45, 2.75) is 11.3 Å². The molecule has 1 aromatic heterocycles. The lowest BCUT2D eigenvalue weighted by molar-refractivity contribution is -0.122. The highest BCUT2D eigenvalue weighted by molar-refractivity contribution is 8.13. The minimum Gasteiger partial charge on any atom is -0.303 e. The summed E-state index contributed by atoms with van der Waals surface area (Å²) in [6.45, 7) is 0. The van der Waals surface area contributed by atoms with Crippen LogP contribution in [0.4, 0.5) is 0 Å². The first-order valence-electron chi connectivity index (χ1n) is 8.34. The second-order valence-corrected chi connectivity index (χ2v) is 6.89. The van der Waals surface area contributed by atoms with Gasteiger partial charge in [0, 0.05) is 11.9 Å². The fraction of sp³-hybridized carbons (Fsp3) is 0.0952. The first kappa shape index (κ1) is 16.5. The Morgan fingerprint density at radius 3 is 2.04 bits per heavy atom. The highest BCUT2D eigenvalue weighted by atomic mass is 32.2. The second kappa shape index (κ2) is 7.14. The predicted octanol–water partition coefficient (Wildman–Crippen LogP) is 3.74. The average molecular weight is 359 g/mol. The summed E-state index contributed by atoms with van der Waals surface area (Å²) in [5.41, 5.74) is 1.62. The number of hydrogen-bond donors (Lipinski definition) is 1. The molecule has 1 amide bonds. The largest absolute Gasteiger partial charge is 0.303 e. The van der Waals surface area contributed by atoms with Crippen LogP contribution < -0.4 is 5.32 Å². The van der Waals surface area contributed by atoms with Gasteiger partial charge in [0.15, 0.2) is 10.7 Å². The monoisotopic (exact) mass is 359 g/mol. The molecule has 0 saturated heterocycles. The SMILES string of the molecule is O=C1NC(SCc2ccccn2)=NC1(c1ccccc1)c1ccccc1. The van der Waals surface area contributed by atoms with Crippen molar-refractivity contribution in [3.05, 3.63) is 102 Å². The Hall–Kier alpha value is -2.92. The van der Waals surface area contributed by atoms with Gasteiger partial charge in [0.05, 0.1) is 5.69 Å². The minimum atomic E-state index is -1.05. The van der Waals surface area contributed by atoms with Gasteiger partial charge in [-0.2, -0.15) is 0 Å². The number of nitrogens with zero attached hydrogens (tertiary/aromatic N) is 2. The number of thioether (sulfide) groups is 1. The third-order valence-electron chi connectivity index (χ3n) is 4.28. The van der Waals surface area contributed by atoms with E-state index in [0.29, 0.717) is 10.9 Å². The second-order valence-electron chi connectivity index (χ2n) is 5.92. The molecule has 1 N–H and O–H groups in total. The number of nitrogens with one attached hydrogen (secondary N) is 1. The van der Waals surface area contributed by atoms with Crippen LogP contribution in [0.25, 0.3) is 0 Å². The molecule has 5 heteroatoms. The van der Waals surface area contributed by atoms with Crippen LogP contribution in [-0.2, 0) is 16.1 Å². The summed E-state index contributed by atoms with van der Waals surface area (Å²) in [6.07, 6.45) is 1.77. The lowest BCUT2D eigenvalue weighted by Crippen LogP contribution is -2.38. The maximum absolute atomic E-state index is 13.1. The molecule has 1 aliphatic rings. The zero-order chi connectivity index (χ0) is 17.8. The quantitative estimate of drug-likeness (QED) is 0.772. The van der Waals surface area contributed by atoms with Crippen LogP contribution in [0.1, 0.15) is 16.8 Å². The Kier molecular flexibility index (Phi) is 4.54. The molecule has 0 saturated carbocycles. The van der Waals surface area contributed by atoms with E-state index in [1.54, 1.807) is 6.20 Å². The molecular formula is C21H17N3OS. The zero-order valence-electron chi connectivity index (χ0n) is 14.0. The van der Waals surface area contributed by atoms with Gasteiger partial charge in [-0.05, 0) is 23.3 Å². The number of amidine groups is 1. The number of pyridine rings is 1. The highest BCUT2D eigenvalue weighted by Crippen LogP contribution is 2.38. The topological polar surface area (TPSA) is 54.4 Å². The fourth-order valence-electron chi connectivity index (χ4n) is 3.03. The van der Waals surface area contributed by atoms with E-state index in [1.165, 1.54) is 11.8 Å². The normalized spacial score (nSPS) is 15.4. The van der Waals surface area contributed by atoms with Gasteiger partial charge in [0.25, 0.3) is 5.91 Å². The summed E-state index contributed by atoms with van der Waals surface area (Å²) < 4.78 is 0. The van der Waals surface area contributed by atoms with Crippen molar-refractivity contribution in [2.75, 3.05) is 0 Å². The van der Waals surface area contributed by atoms with E-state index in [9.17, 15) is 4.79 Å². The van der Waals surface area contributed by atoms with Gasteiger partial charge in [-0.3, -0.25) is 9.78 Å². The van der Waals surface area contributed by atoms with Crippen LogP contribution in [0.2, 0.25) is 0 Å². The van der Waals surface area contributed by atoms with Crippen LogP contribution in [0, 0.1) is 0 Å². The smallest absolute Gasteiger partial charge is 0.263 e. The Balaban J connectivity index is 1.72. The maximum atomic E-state index is 13.1. The number of amides is 1. The summed E-state index contributed by atoms with van der Waals surface area (Å²) in [5.74, 6) is 0.526. The molecule has 0 fully saturated rings. The molecule has 0 atom stereocenters. The van der Waals surface area contributed by atoms with Gasteiger partial charge in [-0.15, -0.1) is 0 Å². The van der Waals surface area contributed by atoms with Gasteiger partial charge in [0.2, 0.25) is 0 Å². The molecule has 4 nitrogen and oxygen atoms in total. The summed E-state index contributed by atoms with van der Waals surface area (Å²) >= 11 is 1.49. The van der Waals surface area contributed by atoms with E-state index in [1.807, 2.05) is 78.9 Å². The fourth-order valence-corrected chi connectivity index (χ4v) is 3.85. The average Bonchev–Trinajstić information content (AvgIpc) is 3.06. The molecule has 0 spiro atoms. The van der Waals surface area contributed by atoms with E-state index in [0.717, 1.165) is 16.8 Å². The molecule has 2 heterocycles. The Morgan fingerprint density at radius 2 is 1.46 bits per heavy atom. The Bertz CT molecular complexity index is 888. The number of carbonyl (C=O) groups excluding carboxylic acids is 1. The van der Waals surface area contributed by atoms with Crippen LogP contribution in [-0.4, -0.2) is 16.1 Å². The maximum Gasteiger partial charge on any atom is 0.263 e. The third kappa shape index (κ3) is 3.02. The van der Waals surface area contributed by atoms with Crippen molar-refractivity contribution in [3.8, 4) is 0 Å². The Morgan fingerprint density at radius 1 is 0.846 bits per heavy atom. The lowest BCUT2D eigenvalue weighted by atomic mass is 9.83. The lowest BCUT2D eigenvalue weighted by Gasteiger charge is -2.24. The Labute approximate surface area is 156 Å². The van der Waals surface area contributed by atoms with Crippen molar-refractivity contribution in [3.63, 3.8) is 0 Å². The van der Waals surface area contributed by atoms with E-state index in [2.05, 4.69) is 10.3 Å². The number of benzene rings is 2. The van der Waals surface area contributed by atoms with Crippen LogP contribution >= 0.6 is 11.8 Å². The van der Waals surface area contributed by atoms with Gasteiger partial charge in [-0.1, -0.05) is 78.5 Å². The molecule has 2 aromatic carbocycles. The minimum absolute atomic E-state index is 0.126. The standard InChI is InChI=1S/C21H17N3OS/c25-19-21(16-9-3-1-4-10-16,17-11-5-2-6-12-17)24-20(23-19)26-15-18-13-7-8-14-22-18/h1-14H,15H2,(H,23,24,25). The summed E-state index contributed by atoms with van der Waals surface area (Å²) in [5, 5.41) is 3.58. The van der Waals surface area contributed by atoms with Crippen molar-refractivity contribution in [1.29, 1.82) is 0 Å². The van der Waals surface area contributed by atoms with Crippen LogP contribution in [0.15, 0.2) is 90.1 Å². The first-order chi connectivity index (χ1) is 12.8. The van der Waals surface area contributed by atoms with E-state index < -0.39 is 5.54 Å². The van der Waals surface area contributed by atoms with Crippen LogP contribution in [0.3, 0.4) is 0 Å². The molecular weight excluding hydrogens is 342 g/mol. The first-order valence-corrected chi connectivity index (χ1v) is 9.33. The van der Waals surface area contributed by atoms with Gasteiger partial charge < -0.3 is 5.32 Å². The van der Waals surface area contributed by atoms with E-state index in [4.69, 9.17) is 4.99 Å². The molecule has 0 aliphatic carbocycles. The number of aliphatic imine (C=N–C) groups is 1. The molecule has 26 heavy (non-hydrogen) atoms. The van der Waals surface area contributed by atoms with Crippen LogP contribution in [0.5, 0.6) is 0 Å². The number of carbonyl (C=O) groups is 1. The highest BCUT2D eigenvalue weighted by Gasteiger charge is 2.46. The van der Waals surface area contributed by atoms with E-state index >= 15 is 0 Å². The molecule has 1 aliphatic heterocycles. The molecule has 0 unspecified atom stereocenters. The third-order valence-corrected chi connectivity index (χ3v) is 5.19. The van der Waals surface area contributed by atoms with Gasteiger partial charge >= 0.3 is 0 Å². The van der Waals surface area contributed by atoms with Crippen molar-refractivity contribution < 1.29 is 4.79 Å². The molecule has 0 bridgehead atoms. The number of hydrogen-bond acceptors (Lipinski definition) is 4. The summed E-state index contributed by atoms with van der Waals surface area (Å²) in [4.78, 5) is 22.2. The molecule has 4 rings (SSSR count). The summed E-state index contributed by atoms with van der Waals surface area (Å²) in [7, 11) is 0.